The molecular formula is C25H20ClN5O2S. The fourth-order valence-corrected chi connectivity index (χ4v) is 4.49. The zero-order chi connectivity index (χ0) is 23.5. The van der Waals surface area contributed by atoms with Crippen molar-refractivity contribution in [3.05, 3.63) is 89.3 Å². The highest BCUT2D eigenvalue weighted by molar-refractivity contribution is 7.98. The Bertz CT molecular complexity index is 1430. The highest BCUT2D eigenvalue weighted by Gasteiger charge is 2.18. The van der Waals surface area contributed by atoms with Gasteiger partial charge in [-0.3, -0.25) is 4.57 Å². The predicted molar refractivity (Wildman–Crippen MR) is 132 cm³/mol. The van der Waals surface area contributed by atoms with E-state index in [9.17, 15) is 0 Å². The van der Waals surface area contributed by atoms with Gasteiger partial charge in [-0.2, -0.15) is 0 Å². The van der Waals surface area contributed by atoms with Gasteiger partial charge in [0.1, 0.15) is 5.75 Å². The molecule has 170 valence electrons. The monoisotopic (exact) mass is 489 g/mol. The summed E-state index contributed by atoms with van der Waals surface area (Å²) in [6.45, 7) is 2.05. The molecule has 0 spiro atoms. The summed E-state index contributed by atoms with van der Waals surface area (Å²) in [5, 5.41) is 18.6. The maximum atomic E-state index is 6.26. The highest BCUT2D eigenvalue weighted by atomic mass is 35.5. The number of ether oxygens (including phenoxy) is 1. The van der Waals surface area contributed by atoms with E-state index in [1.807, 2.05) is 59.2 Å². The van der Waals surface area contributed by atoms with Gasteiger partial charge in [-0.15, -0.1) is 20.4 Å². The van der Waals surface area contributed by atoms with Crippen molar-refractivity contribution in [2.45, 2.75) is 17.8 Å². The van der Waals surface area contributed by atoms with Crippen molar-refractivity contribution < 1.29 is 9.15 Å². The minimum absolute atomic E-state index is 0.387. The Hall–Kier alpha value is -3.62. The first-order valence-corrected chi connectivity index (χ1v) is 11.9. The third-order valence-corrected chi connectivity index (χ3v) is 6.38. The summed E-state index contributed by atoms with van der Waals surface area (Å²) in [4.78, 5) is 0. The fraction of sp³-hybridized carbons (Fsp3) is 0.120. The Morgan fingerprint density at radius 1 is 0.941 bits per heavy atom. The lowest BCUT2D eigenvalue weighted by Crippen LogP contribution is -2.00. The molecule has 5 aromatic rings. The molecule has 34 heavy (non-hydrogen) atoms. The lowest BCUT2D eigenvalue weighted by molar-refractivity contribution is 0.414. The molecule has 0 aliphatic heterocycles. The number of hydrogen-bond acceptors (Lipinski definition) is 7. The lowest BCUT2D eigenvalue weighted by atomic mass is 10.1. The second-order valence-electron chi connectivity index (χ2n) is 7.48. The molecule has 9 heteroatoms. The molecule has 0 radical (unpaired) electrons. The van der Waals surface area contributed by atoms with Crippen LogP contribution in [0.25, 0.3) is 28.5 Å². The first-order chi connectivity index (χ1) is 16.6. The normalized spacial score (nSPS) is 11.0. The molecule has 0 unspecified atom stereocenters. The third-order valence-electron chi connectivity index (χ3n) is 5.14. The van der Waals surface area contributed by atoms with E-state index in [-0.39, 0.29) is 0 Å². The second kappa shape index (κ2) is 9.70. The SMILES string of the molecule is COc1ccc(-n2c(SCc3nnc(-c4ccccc4Cl)o3)nnc2-c2cccc(C)c2)cc1. The number of benzene rings is 3. The van der Waals surface area contributed by atoms with Crippen LogP contribution in [0.15, 0.2) is 82.4 Å². The minimum Gasteiger partial charge on any atom is -0.497 e. The van der Waals surface area contributed by atoms with Crippen LogP contribution in [0.3, 0.4) is 0 Å². The highest BCUT2D eigenvalue weighted by Crippen LogP contribution is 2.32. The molecule has 0 atom stereocenters. The van der Waals surface area contributed by atoms with E-state index in [2.05, 4.69) is 39.5 Å². The first-order valence-electron chi connectivity index (χ1n) is 10.5. The number of thioether (sulfide) groups is 1. The van der Waals surface area contributed by atoms with Gasteiger partial charge in [-0.1, -0.05) is 59.3 Å². The second-order valence-corrected chi connectivity index (χ2v) is 8.83. The van der Waals surface area contributed by atoms with E-state index in [4.69, 9.17) is 20.8 Å². The van der Waals surface area contributed by atoms with Gasteiger partial charge in [-0.25, -0.2) is 0 Å². The summed E-state index contributed by atoms with van der Waals surface area (Å²) < 4.78 is 13.2. The van der Waals surface area contributed by atoms with Crippen molar-refractivity contribution in [2.24, 2.45) is 0 Å². The maximum absolute atomic E-state index is 6.26. The van der Waals surface area contributed by atoms with E-state index in [1.54, 1.807) is 13.2 Å². The smallest absolute Gasteiger partial charge is 0.249 e. The van der Waals surface area contributed by atoms with Crippen LogP contribution in [-0.2, 0) is 5.75 Å². The molecule has 0 amide bonds. The summed E-state index contributed by atoms with van der Waals surface area (Å²) in [5.41, 5.74) is 3.76. The van der Waals surface area contributed by atoms with E-state index in [0.29, 0.717) is 33.3 Å². The Morgan fingerprint density at radius 2 is 1.76 bits per heavy atom. The van der Waals surface area contributed by atoms with E-state index >= 15 is 0 Å². The molecule has 0 N–H and O–H groups in total. The Balaban J connectivity index is 1.46. The number of hydrogen-bond donors (Lipinski definition) is 0. The minimum atomic E-state index is 0.387. The molecule has 7 nitrogen and oxygen atoms in total. The summed E-state index contributed by atoms with van der Waals surface area (Å²) in [6.07, 6.45) is 0. The van der Waals surface area contributed by atoms with Crippen molar-refractivity contribution >= 4 is 23.4 Å². The van der Waals surface area contributed by atoms with Crippen LogP contribution in [0.1, 0.15) is 11.5 Å². The molecule has 0 saturated carbocycles. The average molecular weight is 490 g/mol. The van der Waals surface area contributed by atoms with Crippen LogP contribution in [0, 0.1) is 6.92 Å². The zero-order valence-electron chi connectivity index (χ0n) is 18.5. The van der Waals surface area contributed by atoms with Crippen LogP contribution in [0.4, 0.5) is 0 Å². The molecule has 2 heterocycles. The molecule has 3 aromatic carbocycles. The van der Waals surface area contributed by atoms with E-state index < -0.39 is 0 Å². The van der Waals surface area contributed by atoms with Crippen LogP contribution < -0.4 is 4.74 Å². The van der Waals surface area contributed by atoms with Gasteiger partial charge < -0.3 is 9.15 Å². The molecule has 0 bridgehead atoms. The quantitative estimate of drug-likeness (QED) is 0.250. The molecular weight excluding hydrogens is 470 g/mol. The zero-order valence-corrected chi connectivity index (χ0v) is 20.0. The number of rotatable bonds is 7. The van der Waals surface area contributed by atoms with Crippen LogP contribution in [0.5, 0.6) is 5.75 Å². The van der Waals surface area contributed by atoms with Gasteiger partial charge in [-0.05, 0) is 49.4 Å². The van der Waals surface area contributed by atoms with Crippen LogP contribution in [0.2, 0.25) is 5.02 Å². The van der Waals surface area contributed by atoms with Gasteiger partial charge >= 0.3 is 0 Å². The van der Waals surface area contributed by atoms with Gasteiger partial charge in [0.25, 0.3) is 0 Å². The van der Waals surface area contributed by atoms with Gasteiger partial charge in [0, 0.05) is 11.3 Å². The molecule has 0 aliphatic rings. The van der Waals surface area contributed by atoms with Crippen molar-refractivity contribution in [3.8, 4) is 34.3 Å². The molecule has 0 saturated heterocycles. The summed E-state index contributed by atoms with van der Waals surface area (Å²) >= 11 is 7.73. The lowest BCUT2D eigenvalue weighted by Gasteiger charge is -2.11. The van der Waals surface area contributed by atoms with Crippen molar-refractivity contribution in [2.75, 3.05) is 7.11 Å². The molecule has 2 aromatic heterocycles. The first kappa shape index (κ1) is 22.2. The van der Waals surface area contributed by atoms with E-state index in [1.165, 1.54) is 11.8 Å². The Kier molecular flexibility index (Phi) is 6.33. The maximum Gasteiger partial charge on any atom is 0.249 e. The number of aromatic nitrogens is 5. The number of methoxy groups -OCH3 is 1. The predicted octanol–water partition coefficient (Wildman–Crippen LogP) is 6.25. The number of nitrogens with zero attached hydrogens (tertiary/aromatic N) is 5. The fourth-order valence-electron chi connectivity index (χ4n) is 3.48. The van der Waals surface area contributed by atoms with Crippen LogP contribution >= 0.6 is 23.4 Å². The standard InChI is InChI=1S/C25H20ClN5O2S/c1-16-6-5-7-17(14-16)23-28-30-25(31(23)18-10-12-19(32-2)13-11-18)34-15-22-27-29-24(33-22)20-8-3-4-9-21(20)26/h3-14H,15H2,1-2H3. The Morgan fingerprint density at radius 3 is 2.53 bits per heavy atom. The summed E-state index contributed by atoms with van der Waals surface area (Å²) in [5.74, 6) is 2.82. The third kappa shape index (κ3) is 4.55. The molecule has 5 rings (SSSR count). The Labute approximate surface area is 205 Å². The number of halogens is 1. The van der Waals surface area contributed by atoms with E-state index in [0.717, 1.165) is 28.4 Å². The summed E-state index contributed by atoms with van der Waals surface area (Å²) in [7, 11) is 1.65. The largest absolute Gasteiger partial charge is 0.497 e. The van der Waals surface area contributed by atoms with Crippen molar-refractivity contribution in [3.63, 3.8) is 0 Å². The van der Waals surface area contributed by atoms with Crippen molar-refractivity contribution in [1.29, 1.82) is 0 Å². The van der Waals surface area contributed by atoms with Crippen molar-refractivity contribution in [1.82, 2.24) is 25.0 Å². The van der Waals surface area contributed by atoms with Crippen LogP contribution in [-0.4, -0.2) is 32.1 Å². The molecule has 0 fully saturated rings. The number of aryl methyl sites for hydroxylation is 1. The average Bonchev–Trinajstić information content (AvgIpc) is 3.50. The van der Waals surface area contributed by atoms with Gasteiger partial charge in [0.2, 0.25) is 11.8 Å². The van der Waals surface area contributed by atoms with Gasteiger partial charge in [0.05, 0.1) is 23.4 Å². The molecule has 0 aliphatic carbocycles. The summed E-state index contributed by atoms with van der Waals surface area (Å²) in [6, 6.07) is 23.4. The topological polar surface area (TPSA) is 78.9 Å². The van der Waals surface area contributed by atoms with Gasteiger partial charge in [0.15, 0.2) is 11.0 Å².